The Balaban J connectivity index is 1.54. The first kappa shape index (κ1) is 19.7. The van der Waals surface area contributed by atoms with Gasteiger partial charge in [-0.05, 0) is 55.1 Å². The average Bonchev–Trinajstić information content (AvgIpc) is 3.19. The van der Waals surface area contributed by atoms with Crippen LogP contribution in [0.15, 0.2) is 30.5 Å². The van der Waals surface area contributed by atoms with Crippen LogP contribution in [0.5, 0.6) is 5.06 Å². The number of fused-ring (bicyclic) bond motifs is 3. The Morgan fingerprint density at radius 3 is 2.79 bits per heavy atom. The summed E-state index contributed by atoms with van der Waals surface area (Å²) in [4.78, 5) is 13.5. The Kier molecular flexibility index (Phi) is 5.47. The number of rotatable bonds is 6. The number of nitrogens with zero attached hydrogens (tertiary/aromatic N) is 2. The van der Waals surface area contributed by atoms with Gasteiger partial charge in [0.05, 0.1) is 28.9 Å². The van der Waals surface area contributed by atoms with Crippen LogP contribution in [0.25, 0.3) is 11.3 Å². The van der Waals surface area contributed by atoms with Gasteiger partial charge in [-0.15, -0.1) is 0 Å². The van der Waals surface area contributed by atoms with Crippen molar-refractivity contribution in [1.82, 2.24) is 9.78 Å². The fraction of sp³-hybridized carbons (Fsp3) is 0.333. The van der Waals surface area contributed by atoms with E-state index in [1.807, 2.05) is 23.9 Å². The Bertz CT molecular complexity index is 1040. The summed E-state index contributed by atoms with van der Waals surface area (Å²) in [6, 6.07) is 5.24. The smallest absolute Gasteiger partial charge is 0.183 e. The van der Waals surface area contributed by atoms with Gasteiger partial charge in [-0.3, -0.25) is 9.48 Å². The minimum atomic E-state index is -0.631. The fourth-order valence-electron chi connectivity index (χ4n) is 3.67. The minimum absolute atomic E-state index is 0.0530. The van der Waals surface area contributed by atoms with Crippen LogP contribution in [0.4, 0.5) is 8.78 Å². The summed E-state index contributed by atoms with van der Waals surface area (Å²) in [5.74, 6) is -1.53. The summed E-state index contributed by atoms with van der Waals surface area (Å²) in [5, 5.41) is 5.09. The second-order valence-electron chi connectivity index (χ2n) is 7.27. The molecule has 3 aromatic rings. The SMILES string of the molecule is Cc1cnn2c1-c1cc(C(=O)CC(CN)Cc3cc(F)cc(F)c3)sc1OCC2. The molecule has 0 fully saturated rings. The molecule has 0 amide bonds. The second-order valence-corrected chi connectivity index (χ2v) is 8.29. The molecule has 0 bridgehead atoms. The third-order valence-corrected chi connectivity index (χ3v) is 6.13. The van der Waals surface area contributed by atoms with Gasteiger partial charge in [0, 0.05) is 12.5 Å². The van der Waals surface area contributed by atoms with E-state index in [4.69, 9.17) is 10.5 Å². The normalized spacial score (nSPS) is 13.9. The average molecular weight is 417 g/mol. The molecule has 3 heterocycles. The van der Waals surface area contributed by atoms with Crippen molar-refractivity contribution in [2.75, 3.05) is 13.2 Å². The number of halogens is 2. The topological polar surface area (TPSA) is 70.1 Å². The highest BCUT2D eigenvalue weighted by molar-refractivity contribution is 7.16. The highest BCUT2D eigenvalue weighted by atomic mass is 32.1. The summed E-state index contributed by atoms with van der Waals surface area (Å²) >= 11 is 1.32. The van der Waals surface area contributed by atoms with Gasteiger partial charge < -0.3 is 10.5 Å². The molecule has 8 heteroatoms. The van der Waals surface area contributed by atoms with Gasteiger partial charge in [-0.2, -0.15) is 5.10 Å². The number of hydrogen-bond donors (Lipinski definition) is 1. The first-order valence-corrected chi connectivity index (χ1v) is 10.2. The van der Waals surface area contributed by atoms with E-state index >= 15 is 0 Å². The molecule has 1 unspecified atom stereocenters. The van der Waals surface area contributed by atoms with E-state index in [-0.39, 0.29) is 24.7 Å². The molecule has 0 spiro atoms. The Hall–Kier alpha value is -2.58. The molecule has 2 aromatic heterocycles. The van der Waals surface area contributed by atoms with E-state index in [1.165, 1.54) is 23.5 Å². The molecular formula is C21H21F2N3O2S. The zero-order chi connectivity index (χ0) is 20.5. The molecule has 1 aromatic carbocycles. The molecule has 2 N–H and O–H groups in total. The van der Waals surface area contributed by atoms with Gasteiger partial charge in [0.1, 0.15) is 18.2 Å². The van der Waals surface area contributed by atoms with Crippen molar-refractivity contribution in [3.8, 4) is 16.3 Å². The molecule has 0 saturated carbocycles. The van der Waals surface area contributed by atoms with Crippen LogP contribution in [-0.4, -0.2) is 28.7 Å². The lowest BCUT2D eigenvalue weighted by molar-refractivity contribution is 0.0966. The molecule has 0 saturated heterocycles. The van der Waals surface area contributed by atoms with Crippen LogP contribution in [0, 0.1) is 24.5 Å². The van der Waals surface area contributed by atoms with Crippen LogP contribution in [0.3, 0.4) is 0 Å². The van der Waals surface area contributed by atoms with Crippen LogP contribution < -0.4 is 10.5 Å². The van der Waals surface area contributed by atoms with Gasteiger partial charge in [0.2, 0.25) is 0 Å². The molecule has 1 aliphatic heterocycles. The number of ketones is 1. The molecule has 1 atom stereocenters. The lowest BCUT2D eigenvalue weighted by atomic mass is 9.93. The third-order valence-electron chi connectivity index (χ3n) is 5.04. The maximum atomic E-state index is 13.4. The quantitative estimate of drug-likeness (QED) is 0.616. The zero-order valence-corrected chi connectivity index (χ0v) is 16.8. The molecule has 152 valence electrons. The molecule has 1 aliphatic rings. The van der Waals surface area contributed by atoms with E-state index in [0.717, 1.165) is 22.9 Å². The number of carbonyl (C=O) groups is 1. The number of Topliss-reactive ketones (excluding diaryl/α,β-unsaturated/α-hetero) is 1. The van der Waals surface area contributed by atoms with Crippen molar-refractivity contribution in [1.29, 1.82) is 0 Å². The molecule has 5 nitrogen and oxygen atoms in total. The van der Waals surface area contributed by atoms with Crippen molar-refractivity contribution in [3.63, 3.8) is 0 Å². The summed E-state index contributed by atoms with van der Waals surface area (Å²) in [7, 11) is 0. The van der Waals surface area contributed by atoms with Gasteiger partial charge >= 0.3 is 0 Å². The summed E-state index contributed by atoms with van der Waals surface area (Å²) in [6.45, 7) is 3.38. The van der Waals surface area contributed by atoms with Gasteiger partial charge in [-0.25, -0.2) is 8.78 Å². The van der Waals surface area contributed by atoms with Crippen molar-refractivity contribution >= 4 is 17.1 Å². The lowest BCUT2D eigenvalue weighted by Gasteiger charge is -2.13. The predicted molar refractivity (Wildman–Crippen MR) is 107 cm³/mol. The standard InChI is InChI=1S/C21H21F2N3O2S/c1-12-11-25-26-2-3-28-21-17(20(12)26)9-19(29-21)18(27)7-14(10-24)4-13-5-15(22)8-16(23)6-13/h5-6,8-9,11,14H,2-4,7,10,24H2,1H3. The van der Waals surface area contributed by atoms with Gasteiger partial charge in [0.15, 0.2) is 10.8 Å². The van der Waals surface area contributed by atoms with Crippen LogP contribution in [0.1, 0.15) is 27.2 Å². The number of thiophene rings is 1. The summed E-state index contributed by atoms with van der Waals surface area (Å²) in [5.41, 5.74) is 9.21. The summed E-state index contributed by atoms with van der Waals surface area (Å²) in [6.07, 6.45) is 2.35. The van der Waals surface area contributed by atoms with Crippen molar-refractivity contribution in [2.45, 2.75) is 26.3 Å². The molecule has 0 aliphatic carbocycles. The first-order valence-electron chi connectivity index (χ1n) is 9.42. The van der Waals surface area contributed by atoms with Crippen LogP contribution in [0.2, 0.25) is 0 Å². The van der Waals surface area contributed by atoms with E-state index < -0.39 is 11.6 Å². The highest BCUT2D eigenvalue weighted by Gasteiger charge is 2.25. The maximum absolute atomic E-state index is 13.4. The number of nitrogens with two attached hydrogens (primary N) is 1. The highest BCUT2D eigenvalue weighted by Crippen LogP contribution is 2.41. The van der Waals surface area contributed by atoms with Gasteiger partial charge in [-0.1, -0.05) is 11.3 Å². The first-order chi connectivity index (χ1) is 13.9. The number of hydrogen-bond acceptors (Lipinski definition) is 5. The van der Waals surface area contributed by atoms with Crippen molar-refractivity contribution < 1.29 is 18.3 Å². The van der Waals surface area contributed by atoms with E-state index in [9.17, 15) is 13.6 Å². The van der Waals surface area contributed by atoms with Crippen molar-refractivity contribution in [2.24, 2.45) is 11.7 Å². The molecule has 0 radical (unpaired) electrons. The number of aromatic nitrogens is 2. The fourth-order valence-corrected chi connectivity index (χ4v) is 4.65. The van der Waals surface area contributed by atoms with Gasteiger partial charge in [0.25, 0.3) is 0 Å². The Morgan fingerprint density at radius 2 is 2.07 bits per heavy atom. The third kappa shape index (κ3) is 4.09. The molecule has 4 rings (SSSR count). The molecule has 29 heavy (non-hydrogen) atoms. The number of ether oxygens (including phenoxy) is 1. The van der Waals surface area contributed by atoms with Crippen LogP contribution >= 0.6 is 11.3 Å². The molecular weight excluding hydrogens is 396 g/mol. The number of aryl methyl sites for hydroxylation is 1. The summed E-state index contributed by atoms with van der Waals surface area (Å²) < 4.78 is 34.6. The van der Waals surface area contributed by atoms with E-state index in [2.05, 4.69) is 5.10 Å². The zero-order valence-electron chi connectivity index (χ0n) is 16.0. The van der Waals surface area contributed by atoms with E-state index in [0.29, 0.717) is 35.1 Å². The van der Waals surface area contributed by atoms with Crippen molar-refractivity contribution in [3.05, 3.63) is 58.1 Å². The Labute approximate surface area is 171 Å². The maximum Gasteiger partial charge on any atom is 0.183 e. The second kappa shape index (κ2) is 8.04. The lowest BCUT2D eigenvalue weighted by Crippen LogP contribution is -2.20. The number of carbonyl (C=O) groups excluding carboxylic acids is 1. The largest absolute Gasteiger partial charge is 0.481 e. The monoisotopic (exact) mass is 417 g/mol. The number of benzene rings is 1. The van der Waals surface area contributed by atoms with E-state index in [1.54, 1.807) is 0 Å². The minimum Gasteiger partial charge on any atom is -0.481 e. The predicted octanol–water partition coefficient (Wildman–Crippen LogP) is 3.98. The van der Waals surface area contributed by atoms with Crippen LogP contribution in [-0.2, 0) is 13.0 Å². The Morgan fingerprint density at radius 1 is 1.31 bits per heavy atom.